The van der Waals surface area contributed by atoms with E-state index in [1.54, 1.807) is 0 Å². The van der Waals surface area contributed by atoms with E-state index in [0.29, 0.717) is 5.56 Å². The molecular weight excluding hydrogens is 258 g/mol. The lowest BCUT2D eigenvalue weighted by Crippen LogP contribution is -2.10. The number of carbonyl (C=O) groups is 1. The highest BCUT2D eigenvalue weighted by atomic mass is 16.1. The molecule has 3 aromatic rings. The summed E-state index contributed by atoms with van der Waals surface area (Å²) in [6.07, 6.45) is 0. The highest BCUT2D eigenvalue weighted by Gasteiger charge is 2.28. The number of amides is 1. The number of primary amides is 1. The zero-order valence-corrected chi connectivity index (χ0v) is 11.2. The zero-order valence-electron chi connectivity index (χ0n) is 11.2. The number of rotatable bonds is 1. The Labute approximate surface area is 120 Å². The molecule has 2 aliphatic carbocycles. The number of nitrogens with two attached hydrogens (primary N) is 1. The molecule has 1 amide bonds. The second kappa shape index (κ2) is 3.41. The van der Waals surface area contributed by atoms with Crippen LogP contribution in [0.15, 0.2) is 54.6 Å². The van der Waals surface area contributed by atoms with Crippen molar-refractivity contribution in [3.63, 3.8) is 0 Å². The molecule has 2 heteroatoms. The molecule has 98 valence electrons. The van der Waals surface area contributed by atoms with E-state index in [4.69, 9.17) is 5.73 Å². The Kier molecular flexibility index (Phi) is 1.77. The predicted octanol–water partition coefficient (Wildman–Crippen LogP) is 4.23. The van der Waals surface area contributed by atoms with Crippen molar-refractivity contribution in [2.45, 2.75) is 0 Å². The molecule has 2 nitrogen and oxygen atoms in total. The molecule has 0 radical (unpaired) electrons. The van der Waals surface area contributed by atoms with Crippen molar-refractivity contribution in [3.8, 4) is 11.1 Å². The van der Waals surface area contributed by atoms with Crippen LogP contribution in [0.5, 0.6) is 0 Å². The third-order valence-corrected chi connectivity index (χ3v) is 4.48. The summed E-state index contributed by atoms with van der Waals surface area (Å²) in [5, 5.41) is 7.05. The lowest BCUT2D eigenvalue weighted by Gasteiger charge is -2.06. The van der Waals surface area contributed by atoms with Crippen molar-refractivity contribution in [2.75, 3.05) is 0 Å². The van der Waals surface area contributed by atoms with Crippen molar-refractivity contribution in [1.82, 2.24) is 0 Å². The monoisotopic (exact) mass is 269 g/mol. The van der Waals surface area contributed by atoms with Gasteiger partial charge < -0.3 is 5.73 Å². The van der Waals surface area contributed by atoms with Gasteiger partial charge in [-0.1, -0.05) is 48.5 Å². The van der Waals surface area contributed by atoms with Crippen molar-refractivity contribution < 1.29 is 4.79 Å². The van der Waals surface area contributed by atoms with E-state index in [9.17, 15) is 4.79 Å². The van der Waals surface area contributed by atoms with E-state index in [-0.39, 0.29) is 5.91 Å². The van der Waals surface area contributed by atoms with Crippen LogP contribution in [-0.4, -0.2) is 5.91 Å². The normalized spacial score (nSPS) is 12.2. The number of benzene rings is 4. The molecule has 0 heterocycles. The van der Waals surface area contributed by atoms with Crippen LogP contribution in [0.2, 0.25) is 0 Å². The van der Waals surface area contributed by atoms with Gasteiger partial charge in [-0.15, -0.1) is 0 Å². The quantitative estimate of drug-likeness (QED) is 0.455. The van der Waals surface area contributed by atoms with Crippen LogP contribution < -0.4 is 5.73 Å². The third-order valence-electron chi connectivity index (χ3n) is 4.48. The molecule has 2 aliphatic rings. The van der Waals surface area contributed by atoms with E-state index in [2.05, 4.69) is 48.5 Å². The predicted molar refractivity (Wildman–Crippen MR) is 86.5 cm³/mol. The Morgan fingerprint density at radius 1 is 0.762 bits per heavy atom. The van der Waals surface area contributed by atoms with E-state index < -0.39 is 0 Å². The van der Waals surface area contributed by atoms with E-state index in [1.807, 2.05) is 6.07 Å². The van der Waals surface area contributed by atoms with Crippen LogP contribution in [0.1, 0.15) is 10.4 Å². The Balaban J connectivity index is 2.03. The summed E-state index contributed by atoms with van der Waals surface area (Å²) in [6.45, 7) is 0. The van der Waals surface area contributed by atoms with Crippen LogP contribution in [0.4, 0.5) is 0 Å². The molecule has 5 rings (SSSR count). The molecule has 2 N–H and O–H groups in total. The average Bonchev–Trinajstić information content (AvgIpc) is 3.20. The van der Waals surface area contributed by atoms with Gasteiger partial charge in [0.05, 0.1) is 5.56 Å². The lowest BCUT2D eigenvalue weighted by atomic mass is 9.98. The minimum absolute atomic E-state index is 0.338. The van der Waals surface area contributed by atoms with Crippen LogP contribution in [0, 0.1) is 0 Å². The molecule has 0 bridgehead atoms. The van der Waals surface area contributed by atoms with Crippen molar-refractivity contribution >= 4 is 38.2 Å². The van der Waals surface area contributed by atoms with Crippen LogP contribution in [0.3, 0.4) is 0 Å². The van der Waals surface area contributed by atoms with Gasteiger partial charge in [0.25, 0.3) is 0 Å². The third kappa shape index (κ3) is 1.24. The topological polar surface area (TPSA) is 43.1 Å². The van der Waals surface area contributed by atoms with Crippen molar-refractivity contribution in [1.29, 1.82) is 0 Å². The first-order valence-corrected chi connectivity index (χ1v) is 6.97. The fourth-order valence-corrected chi connectivity index (χ4v) is 3.52. The Hall–Kier alpha value is -2.87. The first-order valence-electron chi connectivity index (χ1n) is 6.97. The number of hydrogen-bond acceptors (Lipinski definition) is 1. The maximum absolute atomic E-state index is 11.7. The van der Waals surface area contributed by atoms with E-state index >= 15 is 0 Å². The van der Waals surface area contributed by atoms with Gasteiger partial charge in [-0.3, -0.25) is 4.79 Å². The summed E-state index contributed by atoms with van der Waals surface area (Å²) in [4.78, 5) is 11.7. The number of fused-ring (bicyclic) bond motifs is 7. The summed E-state index contributed by atoms with van der Waals surface area (Å²) in [7, 11) is 0. The molecule has 0 unspecified atom stereocenters. The van der Waals surface area contributed by atoms with Gasteiger partial charge in [0.2, 0.25) is 5.91 Å². The van der Waals surface area contributed by atoms with Gasteiger partial charge in [-0.25, -0.2) is 0 Å². The number of carbonyl (C=O) groups excluding carboxylic acids is 1. The summed E-state index contributed by atoms with van der Waals surface area (Å²) in [5.41, 5.74) is 8.42. The maximum atomic E-state index is 11.7. The Morgan fingerprint density at radius 3 is 2.38 bits per heavy atom. The molecular formula is C19H11NO. The van der Waals surface area contributed by atoms with Crippen molar-refractivity contribution in [3.05, 3.63) is 60.2 Å². The maximum Gasteiger partial charge on any atom is 0.249 e. The molecule has 0 atom stereocenters. The Bertz CT molecular complexity index is 1110. The first kappa shape index (κ1) is 10.9. The van der Waals surface area contributed by atoms with Gasteiger partial charge >= 0.3 is 0 Å². The zero-order chi connectivity index (χ0) is 14.1. The molecule has 0 saturated heterocycles. The summed E-state index contributed by atoms with van der Waals surface area (Å²) in [5.74, 6) is -0.338. The SMILES string of the molecule is NC(=O)c1c2cc-2c2c1ccc1c3ccccc3ccc12. The molecule has 0 saturated carbocycles. The fourth-order valence-electron chi connectivity index (χ4n) is 3.52. The van der Waals surface area contributed by atoms with Crippen molar-refractivity contribution in [2.24, 2.45) is 5.73 Å². The van der Waals surface area contributed by atoms with Crippen LogP contribution in [-0.2, 0) is 0 Å². The molecule has 0 aliphatic heterocycles. The largest absolute Gasteiger partial charge is 0.366 e. The van der Waals surface area contributed by atoms with Gasteiger partial charge in [-0.05, 0) is 49.5 Å². The highest BCUT2D eigenvalue weighted by molar-refractivity contribution is 6.31. The standard InChI is InChI=1S/C19H11NO/c20-19(21)18-14-8-7-12-11-4-2-1-3-10(11)5-6-13(12)17(14)15-9-16(15)18/h1-9H,(H2,20,21). The minimum Gasteiger partial charge on any atom is -0.366 e. The molecule has 21 heavy (non-hydrogen) atoms. The summed E-state index contributed by atoms with van der Waals surface area (Å²) >= 11 is 0. The first-order chi connectivity index (χ1) is 10.3. The molecule has 0 aromatic heterocycles. The second-order valence-corrected chi connectivity index (χ2v) is 5.58. The van der Waals surface area contributed by atoms with E-state index in [1.165, 1.54) is 32.5 Å². The molecule has 3 aromatic carbocycles. The lowest BCUT2D eigenvalue weighted by molar-refractivity contribution is 0.100. The average molecular weight is 269 g/mol. The molecule has 0 fully saturated rings. The summed E-state index contributed by atoms with van der Waals surface area (Å²) < 4.78 is 0. The highest BCUT2D eigenvalue weighted by Crippen LogP contribution is 2.50. The van der Waals surface area contributed by atoms with E-state index in [0.717, 1.165) is 10.9 Å². The Morgan fingerprint density at radius 2 is 1.52 bits per heavy atom. The number of hydrogen-bond donors (Lipinski definition) is 1. The van der Waals surface area contributed by atoms with Gasteiger partial charge in [0.15, 0.2) is 0 Å². The smallest absolute Gasteiger partial charge is 0.249 e. The fraction of sp³-hybridized carbons (Fsp3) is 0. The minimum atomic E-state index is -0.338. The van der Waals surface area contributed by atoms with Crippen LogP contribution in [0.25, 0.3) is 43.4 Å². The van der Waals surface area contributed by atoms with Gasteiger partial charge in [0.1, 0.15) is 0 Å². The second-order valence-electron chi connectivity index (χ2n) is 5.58. The molecule has 0 spiro atoms. The summed E-state index contributed by atoms with van der Waals surface area (Å²) in [6, 6.07) is 18.9. The van der Waals surface area contributed by atoms with Gasteiger partial charge in [0, 0.05) is 0 Å². The van der Waals surface area contributed by atoms with Gasteiger partial charge in [-0.2, -0.15) is 0 Å². The van der Waals surface area contributed by atoms with Crippen LogP contribution >= 0.6 is 0 Å².